The summed E-state index contributed by atoms with van der Waals surface area (Å²) in [6, 6.07) is 18.3. The molecule has 3 nitrogen and oxygen atoms in total. The number of hydrogen-bond acceptors (Lipinski definition) is 2. The molecule has 0 aliphatic rings. The second-order valence-electron chi connectivity index (χ2n) is 4.25. The van der Waals surface area contributed by atoms with Gasteiger partial charge in [-0.15, -0.1) is 5.10 Å². The smallest absolute Gasteiger partial charge is 0.113 e. The zero-order valence-electron chi connectivity index (χ0n) is 10.1. The molecule has 0 fully saturated rings. The number of aromatic nitrogens is 3. The SMILES string of the molecule is Cc1cccc(-c2cn(-c3ccccc3)nn2)c1. The molecule has 0 bridgehead atoms. The van der Waals surface area contributed by atoms with Crippen LogP contribution in [-0.2, 0) is 0 Å². The Balaban J connectivity index is 2.00. The second kappa shape index (κ2) is 4.45. The molecule has 3 rings (SSSR count). The Morgan fingerprint density at radius 3 is 2.56 bits per heavy atom. The first kappa shape index (κ1) is 10.7. The maximum absolute atomic E-state index is 4.22. The molecule has 1 aromatic heterocycles. The highest BCUT2D eigenvalue weighted by atomic mass is 15.4. The van der Waals surface area contributed by atoms with Gasteiger partial charge in [-0.2, -0.15) is 0 Å². The van der Waals surface area contributed by atoms with Crippen molar-refractivity contribution in [3.05, 3.63) is 66.4 Å². The summed E-state index contributed by atoms with van der Waals surface area (Å²) in [7, 11) is 0. The molecule has 0 unspecified atom stereocenters. The van der Waals surface area contributed by atoms with Crippen molar-refractivity contribution < 1.29 is 0 Å². The Labute approximate surface area is 106 Å². The van der Waals surface area contributed by atoms with Gasteiger partial charge < -0.3 is 0 Å². The highest BCUT2D eigenvalue weighted by Crippen LogP contribution is 2.18. The third kappa shape index (κ3) is 2.02. The van der Waals surface area contributed by atoms with Gasteiger partial charge in [-0.3, -0.25) is 0 Å². The third-order valence-electron chi connectivity index (χ3n) is 2.83. The minimum absolute atomic E-state index is 0.891. The molecule has 1 heterocycles. The lowest BCUT2D eigenvalue weighted by Crippen LogP contribution is -1.93. The van der Waals surface area contributed by atoms with Crippen molar-refractivity contribution in [3.8, 4) is 16.9 Å². The van der Waals surface area contributed by atoms with Crippen molar-refractivity contribution in [2.24, 2.45) is 0 Å². The molecule has 0 saturated heterocycles. The first-order chi connectivity index (χ1) is 8.83. The van der Waals surface area contributed by atoms with Crippen molar-refractivity contribution >= 4 is 0 Å². The van der Waals surface area contributed by atoms with E-state index in [-0.39, 0.29) is 0 Å². The molecule has 88 valence electrons. The van der Waals surface area contributed by atoms with Gasteiger partial charge in [0, 0.05) is 5.56 Å². The summed E-state index contributed by atoms with van der Waals surface area (Å²) in [6.45, 7) is 2.07. The summed E-state index contributed by atoms with van der Waals surface area (Å²) in [5.41, 5.74) is 4.23. The molecule has 0 amide bonds. The molecular weight excluding hydrogens is 222 g/mol. The quantitative estimate of drug-likeness (QED) is 0.682. The van der Waals surface area contributed by atoms with Gasteiger partial charge in [0.05, 0.1) is 11.9 Å². The van der Waals surface area contributed by atoms with E-state index >= 15 is 0 Å². The first-order valence-corrected chi connectivity index (χ1v) is 5.88. The lowest BCUT2D eigenvalue weighted by atomic mass is 10.1. The molecule has 0 aliphatic heterocycles. The molecule has 0 saturated carbocycles. The monoisotopic (exact) mass is 235 g/mol. The number of aryl methyl sites for hydroxylation is 1. The topological polar surface area (TPSA) is 30.7 Å². The van der Waals surface area contributed by atoms with Crippen molar-refractivity contribution in [2.45, 2.75) is 6.92 Å². The van der Waals surface area contributed by atoms with E-state index in [2.05, 4.69) is 29.4 Å². The molecule has 2 aromatic carbocycles. The minimum Gasteiger partial charge on any atom is -0.220 e. The lowest BCUT2D eigenvalue weighted by molar-refractivity contribution is 0.804. The number of benzene rings is 2. The van der Waals surface area contributed by atoms with Crippen LogP contribution in [0.1, 0.15) is 5.56 Å². The van der Waals surface area contributed by atoms with Crippen LogP contribution in [-0.4, -0.2) is 15.0 Å². The standard InChI is InChI=1S/C15H13N3/c1-12-6-5-7-13(10-12)15-11-18(17-16-15)14-8-3-2-4-9-14/h2-11H,1H3. The molecule has 18 heavy (non-hydrogen) atoms. The van der Waals surface area contributed by atoms with E-state index in [4.69, 9.17) is 0 Å². The maximum atomic E-state index is 4.22. The minimum atomic E-state index is 0.891. The molecular formula is C15H13N3. The van der Waals surface area contributed by atoms with Crippen molar-refractivity contribution in [3.63, 3.8) is 0 Å². The van der Waals surface area contributed by atoms with Crippen LogP contribution in [0.3, 0.4) is 0 Å². The summed E-state index contributed by atoms with van der Waals surface area (Å²) in [5.74, 6) is 0. The molecule has 0 radical (unpaired) electrons. The predicted octanol–water partition coefficient (Wildman–Crippen LogP) is 3.24. The number of rotatable bonds is 2. The second-order valence-corrected chi connectivity index (χ2v) is 4.25. The number of hydrogen-bond donors (Lipinski definition) is 0. The van der Waals surface area contributed by atoms with Gasteiger partial charge in [-0.05, 0) is 25.1 Å². The molecule has 3 heteroatoms. The molecule has 0 spiro atoms. The van der Waals surface area contributed by atoms with Gasteiger partial charge in [-0.25, -0.2) is 4.68 Å². The predicted molar refractivity (Wildman–Crippen MR) is 71.5 cm³/mol. The van der Waals surface area contributed by atoms with Crippen LogP contribution in [0.2, 0.25) is 0 Å². The highest BCUT2D eigenvalue weighted by Gasteiger charge is 2.04. The van der Waals surface area contributed by atoms with E-state index in [0.717, 1.165) is 16.9 Å². The van der Waals surface area contributed by atoms with Gasteiger partial charge in [0.15, 0.2) is 0 Å². The summed E-state index contributed by atoms with van der Waals surface area (Å²) >= 11 is 0. The van der Waals surface area contributed by atoms with Gasteiger partial charge >= 0.3 is 0 Å². The Morgan fingerprint density at radius 1 is 0.944 bits per heavy atom. The van der Waals surface area contributed by atoms with Gasteiger partial charge in [0.2, 0.25) is 0 Å². The van der Waals surface area contributed by atoms with Crippen LogP contribution in [0.5, 0.6) is 0 Å². The summed E-state index contributed by atoms with van der Waals surface area (Å²) in [4.78, 5) is 0. The van der Waals surface area contributed by atoms with Crippen molar-refractivity contribution in [1.82, 2.24) is 15.0 Å². The molecule has 0 N–H and O–H groups in total. The van der Waals surface area contributed by atoms with Gasteiger partial charge in [-0.1, -0.05) is 47.2 Å². The number of nitrogens with zero attached hydrogens (tertiary/aromatic N) is 3. The van der Waals surface area contributed by atoms with E-state index in [1.807, 2.05) is 48.7 Å². The van der Waals surface area contributed by atoms with Crippen LogP contribution in [0, 0.1) is 6.92 Å². The normalized spacial score (nSPS) is 10.5. The maximum Gasteiger partial charge on any atom is 0.113 e. The fraction of sp³-hybridized carbons (Fsp3) is 0.0667. The fourth-order valence-corrected chi connectivity index (χ4v) is 1.91. The Bertz CT molecular complexity index is 656. The Kier molecular flexibility index (Phi) is 2.65. The Hall–Kier alpha value is -2.42. The average molecular weight is 235 g/mol. The highest BCUT2D eigenvalue weighted by molar-refractivity contribution is 5.59. The van der Waals surface area contributed by atoms with Crippen LogP contribution in [0.25, 0.3) is 16.9 Å². The molecule has 3 aromatic rings. The average Bonchev–Trinajstić information content (AvgIpc) is 2.89. The largest absolute Gasteiger partial charge is 0.220 e. The summed E-state index contributed by atoms with van der Waals surface area (Å²) < 4.78 is 1.79. The van der Waals surface area contributed by atoms with Crippen LogP contribution < -0.4 is 0 Å². The van der Waals surface area contributed by atoms with E-state index in [1.54, 1.807) is 4.68 Å². The van der Waals surface area contributed by atoms with Gasteiger partial charge in [0.1, 0.15) is 5.69 Å². The summed E-state index contributed by atoms with van der Waals surface area (Å²) in [6.07, 6.45) is 1.95. The Morgan fingerprint density at radius 2 is 1.78 bits per heavy atom. The van der Waals surface area contributed by atoms with E-state index < -0.39 is 0 Å². The van der Waals surface area contributed by atoms with Crippen LogP contribution in [0.4, 0.5) is 0 Å². The summed E-state index contributed by atoms with van der Waals surface area (Å²) in [5, 5.41) is 8.38. The first-order valence-electron chi connectivity index (χ1n) is 5.88. The van der Waals surface area contributed by atoms with Crippen molar-refractivity contribution in [1.29, 1.82) is 0 Å². The van der Waals surface area contributed by atoms with Gasteiger partial charge in [0.25, 0.3) is 0 Å². The van der Waals surface area contributed by atoms with E-state index in [9.17, 15) is 0 Å². The zero-order valence-corrected chi connectivity index (χ0v) is 10.1. The van der Waals surface area contributed by atoms with E-state index in [1.165, 1.54) is 5.56 Å². The van der Waals surface area contributed by atoms with Crippen LogP contribution >= 0.6 is 0 Å². The fourth-order valence-electron chi connectivity index (χ4n) is 1.91. The van der Waals surface area contributed by atoms with E-state index in [0.29, 0.717) is 0 Å². The van der Waals surface area contributed by atoms with Crippen molar-refractivity contribution in [2.75, 3.05) is 0 Å². The van der Waals surface area contributed by atoms with Crippen LogP contribution in [0.15, 0.2) is 60.8 Å². The third-order valence-corrected chi connectivity index (χ3v) is 2.83. The lowest BCUT2D eigenvalue weighted by Gasteiger charge is -1.98. The molecule has 0 aliphatic carbocycles. The zero-order chi connectivity index (χ0) is 12.4. The number of para-hydroxylation sites is 1. The molecule has 0 atom stereocenters.